The van der Waals surface area contributed by atoms with Crippen molar-refractivity contribution in [2.45, 2.75) is 0 Å². The van der Waals surface area contributed by atoms with Crippen molar-refractivity contribution in [3.63, 3.8) is 0 Å². The van der Waals surface area contributed by atoms with E-state index in [9.17, 15) is 0 Å². The molecule has 7 rings (SSSR count). The summed E-state index contributed by atoms with van der Waals surface area (Å²) in [4.78, 5) is 1.32. The van der Waals surface area contributed by atoms with E-state index in [1.165, 1.54) is 58.6 Å². The van der Waals surface area contributed by atoms with E-state index in [0.29, 0.717) is 0 Å². The fourth-order valence-electron chi connectivity index (χ4n) is 4.96. The van der Waals surface area contributed by atoms with E-state index in [-0.39, 0.29) is 0 Å². The number of hydrogen-bond donors (Lipinski definition) is 0. The highest BCUT2D eigenvalue weighted by Crippen LogP contribution is 2.46. The van der Waals surface area contributed by atoms with Gasteiger partial charge in [0.05, 0.1) is 11.0 Å². The highest BCUT2D eigenvalue weighted by molar-refractivity contribution is 7.25. The van der Waals surface area contributed by atoms with Crippen molar-refractivity contribution in [1.29, 1.82) is 0 Å². The molecule has 7 aromatic rings. The van der Waals surface area contributed by atoms with Gasteiger partial charge in [-0.3, -0.25) is 4.40 Å². The molecule has 0 aliphatic heterocycles. The summed E-state index contributed by atoms with van der Waals surface area (Å²) >= 11 is 1.89. The number of nitrogens with zero attached hydrogens (tertiary/aromatic N) is 1. The van der Waals surface area contributed by atoms with Crippen LogP contribution in [0.25, 0.3) is 58.6 Å². The van der Waals surface area contributed by atoms with Gasteiger partial charge in [-0.25, -0.2) is 0 Å². The van der Waals surface area contributed by atoms with E-state index in [1.54, 1.807) is 0 Å². The summed E-state index contributed by atoms with van der Waals surface area (Å²) in [6.45, 7) is 0. The maximum absolute atomic E-state index is 2.50. The number of aromatic nitrogens is 1. The molecule has 1 nitrogen and oxygen atoms in total. The first kappa shape index (κ1) is 16.2. The van der Waals surface area contributed by atoms with Crippen LogP contribution in [0.5, 0.6) is 0 Å². The van der Waals surface area contributed by atoms with Crippen molar-refractivity contribution < 1.29 is 0 Å². The van der Waals surface area contributed by atoms with Crippen LogP contribution in [-0.2, 0) is 0 Å². The Morgan fingerprint density at radius 1 is 0.533 bits per heavy atom. The van der Waals surface area contributed by atoms with E-state index in [1.807, 2.05) is 11.3 Å². The fraction of sp³-hybridized carbons (Fsp3) is 0. The molecule has 0 bridgehead atoms. The van der Waals surface area contributed by atoms with Crippen LogP contribution in [0.4, 0.5) is 0 Å². The average Bonchev–Trinajstić information content (AvgIpc) is 3.36. The molecular weight excluding hydrogens is 382 g/mol. The highest BCUT2D eigenvalue weighted by atomic mass is 32.1. The van der Waals surface area contributed by atoms with Crippen LogP contribution in [-0.4, -0.2) is 4.40 Å². The van der Waals surface area contributed by atoms with Gasteiger partial charge < -0.3 is 0 Å². The van der Waals surface area contributed by atoms with Crippen LogP contribution in [0.15, 0.2) is 103 Å². The lowest BCUT2D eigenvalue weighted by Gasteiger charge is -2.09. The van der Waals surface area contributed by atoms with Crippen LogP contribution >= 0.6 is 11.3 Å². The van der Waals surface area contributed by atoms with Gasteiger partial charge in [-0.15, -0.1) is 11.3 Å². The van der Waals surface area contributed by atoms with Gasteiger partial charge in [0.15, 0.2) is 0 Å². The number of rotatable bonds is 1. The standard InChI is InChI=1S/C28H17NS/c1-2-10-18(11-3-1)25-21-14-6-8-16-23(21)29-27(25)20-13-5-4-12-19(20)26-22-15-7-9-17-24(22)30-28(26)29/h1-17H. The minimum atomic E-state index is 1.27. The second-order valence-corrected chi connectivity index (χ2v) is 8.80. The average molecular weight is 400 g/mol. The van der Waals surface area contributed by atoms with E-state index < -0.39 is 0 Å². The Kier molecular flexibility index (Phi) is 3.21. The molecule has 0 saturated heterocycles. The minimum absolute atomic E-state index is 1.27. The Morgan fingerprint density at radius 3 is 2.00 bits per heavy atom. The smallest absolute Gasteiger partial charge is 0.109 e. The summed E-state index contributed by atoms with van der Waals surface area (Å²) in [5.41, 5.74) is 5.16. The van der Waals surface area contributed by atoms with Gasteiger partial charge in [-0.05, 0) is 23.1 Å². The van der Waals surface area contributed by atoms with Crippen molar-refractivity contribution in [1.82, 2.24) is 4.40 Å². The maximum atomic E-state index is 2.50. The third-order valence-corrected chi connectivity index (χ3v) is 7.32. The van der Waals surface area contributed by atoms with Crippen molar-refractivity contribution in [2.75, 3.05) is 0 Å². The predicted octanol–water partition coefficient (Wildman–Crippen LogP) is 8.28. The molecule has 2 heteroatoms. The van der Waals surface area contributed by atoms with E-state index in [0.717, 1.165) is 0 Å². The van der Waals surface area contributed by atoms with Crippen molar-refractivity contribution in [2.24, 2.45) is 0 Å². The molecule has 0 atom stereocenters. The molecule has 0 amide bonds. The Bertz CT molecular complexity index is 1740. The molecule has 0 aliphatic rings. The van der Waals surface area contributed by atoms with Gasteiger partial charge in [0, 0.05) is 31.8 Å². The predicted molar refractivity (Wildman–Crippen MR) is 131 cm³/mol. The van der Waals surface area contributed by atoms with Crippen LogP contribution in [0.2, 0.25) is 0 Å². The molecule has 0 aliphatic carbocycles. The zero-order valence-corrected chi connectivity index (χ0v) is 17.0. The Labute approximate surface area is 177 Å². The van der Waals surface area contributed by atoms with Crippen molar-refractivity contribution in [3.05, 3.63) is 103 Å². The lowest BCUT2D eigenvalue weighted by atomic mass is 9.99. The Hall–Kier alpha value is -3.62. The SMILES string of the molecule is c1ccc(-c2c3ccccc3n3c4sc5ccccc5c4c4ccccc4c23)cc1. The van der Waals surface area contributed by atoms with Crippen LogP contribution in [0.3, 0.4) is 0 Å². The van der Waals surface area contributed by atoms with Gasteiger partial charge in [-0.2, -0.15) is 0 Å². The zero-order valence-electron chi connectivity index (χ0n) is 16.2. The first-order valence-electron chi connectivity index (χ1n) is 10.2. The quantitative estimate of drug-likeness (QED) is 0.262. The van der Waals surface area contributed by atoms with Gasteiger partial charge >= 0.3 is 0 Å². The molecule has 4 aromatic carbocycles. The Morgan fingerprint density at radius 2 is 1.17 bits per heavy atom. The summed E-state index contributed by atoms with van der Waals surface area (Å²) < 4.78 is 3.84. The van der Waals surface area contributed by atoms with Gasteiger partial charge in [0.1, 0.15) is 4.83 Å². The third kappa shape index (κ3) is 2.01. The first-order chi connectivity index (χ1) is 14.9. The molecule has 0 spiro atoms. The molecule has 0 fully saturated rings. The van der Waals surface area contributed by atoms with Crippen molar-refractivity contribution in [3.8, 4) is 11.1 Å². The maximum Gasteiger partial charge on any atom is 0.109 e. The monoisotopic (exact) mass is 399 g/mol. The molecule has 0 unspecified atom stereocenters. The number of para-hydroxylation sites is 1. The van der Waals surface area contributed by atoms with Gasteiger partial charge in [0.25, 0.3) is 0 Å². The topological polar surface area (TPSA) is 4.41 Å². The van der Waals surface area contributed by atoms with Gasteiger partial charge in [0.2, 0.25) is 0 Å². The molecule has 0 N–H and O–H groups in total. The Balaban J connectivity index is 1.88. The summed E-state index contributed by atoms with van der Waals surface area (Å²) in [7, 11) is 0. The highest BCUT2D eigenvalue weighted by Gasteiger charge is 2.21. The number of benzene rings is 4. The molecule has 3 heterocycles. The fourth-order valence-corrected chi connectivity index (χ4v) is 6.20. The summed E-state index contributed by atoms with van der Waals surface area (Å²) in [5, 5.41) is 6.65. The largest absolute Gasteiger partial charge is 0.299 e. The molecule has 3 aromatic heterocycles. The van der Waals surface area contributed by atoms with Crippen molar-refractivity contribution >= 4 is 58.8 Å². The van der Waals surface area contributed by atoms with E-state index in [2.05, 4.69) is 108 Å². The van der Waals surface area contributed by atoms with E-state index in [4.69, 9.17) is 0 Å². The molecule has 0 saturated carbocycles. The third-order valence-electron chi connectivity index (χ3n) is 6.17. The van der Waals surface area contributed by atoms with Crippen LogP contribution < -0.4 is 0 Å². The second-order valence-electron chi connectivity index (χ2n) is 7.77. The zero-order chi connectivity index (χ0) is 19.7. The number of fused-ring (bicyclic) bond motifs is 10. The summed E-state index contributed by atoms with van der Waals surface area (Å²) in [6.07, 6.45) is 0. The number of hydrogen-bond acceptors (Lipinski definition) is 1. The number of thiophene rings is 1. The molecule has 30 heavy (non-hydrogen) atoms. The van der Waals surface area contributed by atoms with Crippen LogP contribution in [0.1, 0.15) is 0 Å². The second kappa shape index (κ2) is 5.94. The summed E-state index contributed by atoms with van der Waals surface area (Å²) in [5.74, 6) is 0. The van der Waals surface area contributed by atoms with Crippen LogP contribution in [0, 0.1) is 0 Å². The first-order valence-corrected chi connectivity index (χ1v) is 11.0. The summed E-state index contributed by atoms with van der Waals surface area (Å²) in [6, 6.07) is 37.3. The molecule has 0 radical (unpaired) electrons. The normalized spacial score (nSPS) is 12.0. The molecule has 140 valence electrons. The number of pyridine rings is 1. The van der Waals surface area contributed by atoms with Gasteiger partial charge in [-0.1, -0.05) is 91.0 Å². The molecular formula is C28H17NS. The lowest BCUT2D eigenvalue weighted by molar-refractivity contribution is 1.37. The van der Waals surface area contributed by atoms with E-state index >= 15 is 0 Å². The lowest BCUT2D eigenvalue weighted by Crippen LogP contribution is -1.88. The minimum Gasteiger partial charge on any atom is -0.299 e.